The van der Waals surface area contributed by atoms with Crippen LogP contribution in [0.2, 0.25) is 0 Å². The Labute approximate surface area is 125 Å². The van der Waals surface area contributed by atoms with Gasteiger partial charge in [0, 0.05) is 19.2 Å². The zero-order valence-electron chi connectivity index (χ0n) is 12.6. The lowest BCUT2D eigenvalue weighted by atomic mass is 9.92. The standard InChI is InChI=1S/C16H22N2O3/c1-3-16(15(20)21)9-4-10-18(16)11-13-5-7-14(8-6-13)17-12(2)19/h5-8H,3-4,9-11H2,1-2H3,(H,17,19)(H,20,21). The van der Waals surface area contributed by atoms with Gasteiger partial charge in [0.05, 0.1) is 0 Å². The van der Waals surface area contributed by atoms with Gasteiger partial charge in [-0.15, -0.1) is 0 Å². The van der Waals surface area contributed by atoms with Crippen molar-refractivity contribution in [3.8, 4) is 0 Å². The van der Waals surface area contributed by atoms with Crippen LogP contribution in [0.25, 0.3) is 0 Å². The smallest absolute Gasteiger partial charge is 0.324 e. The van der Waals surface area contributed by atoms with Crippen LogP contribution in [0.4, 0.5) is 5.69 Å². The highest BCUT2D eigenvalue weighted by Crippen LogP contribution is 2.34. The molecular formula is C16H22N2O3. The molecule has 0 bridgehead atoms. The van der Waals surface area contributed by atoms with Gasteiger partial charge in [-0.25, -0.2) is 0 Å². The summed E-state index contributed by atoms with van der Waals surface area (Å²) in [6.07, 6.45) is 2.25. The molecule has 0 radical (unpaired) electrons. The van der Waals surface area contributed by atoms with Gasteiger partial charge in [0.15, 0.2) is 0 Å². The summed E-state index contributed by atoms with van der Waals surface area (Å²) in [6.45, 7) is 4.85. The van der Waals surface area contributed by atoms with Crippen LogP contribution >= 0.6 is 0 Å². The van der Waals surface area contributed by atoms with Gasteiger partial charge < -0.3 is 10.4 Å². The minimum absolute atomic E-state index is 0.0989. The molecular weight excluding hydrogens is 268 g/mol. The van der Waals surface area contributed by atoms with Crippen molar-refractivity contribution < 1.29 is 14.7 Å². The van der Waals surface area contributed by atoms with Crippen LogP contribution < -0.4 is 5.32 Å². The molecule has 5 nitrogen and oxygen atoms in total. The summed E-state index contributed by atoms with van der Waals surface area (Å²) in [5.74, 6) is -0.824. The minimum atomic E-state index is -0.726. The first kappa shape index (κ1) is 15.5. The molecule has 1 amide bonds. The number of carboxylic acids is 1. The van der Waals surface area contributed by atoms with Crippen LogP contribution in [0.5, 0.6) is 0 Å². The molecule has 0 saturated carbocycles. The third kappa shape index (κ3) is 3.24. The first-order valence-corrected chi connectivity index (χ1v) is 7.33. The average Bonchev–Trinajstić information content (AvgIpc) is 2.84. The van der Waals surface area contributed by atoms with Gasteiger partial charge in [0.1, 0.15) is 5.54 Å². The number of hydrogen-bond acceptors (Lipinski definition) is 3. The van der Waals surface area contributed by atoms with Crippen molar-refractivity contribution in [1.29, 1.82) is 0 Å². The third-order valence-corrected chi connectivity index (χ3v) is 4.25. The molecule has 0 aliphatic carbocycles. The number of amides is 1. The molecule has 2 N–H and O–H groups in total. The van der Waals surface area contributed by atoms with Crippen LogP contribution in [0.3, 0.4) is 0 Å². The van der Waals surface area contributed by atoms with E-state index in [1.165, 1.54) is 6.92 Å². The average molecular weight is 290 g/mol. The monoisotopic (exact) mass is 290 g/mol. The highest BCUT2D eigenvalue weighted by molar-refractivity contribution is 5.88. The molecule has 21 heavy (non-hydrogen) atoms. The van der Waals surface area contributed by atoms with Crippen molar-refractivity contribution in [2.24, 2.45) is 0 Å². The number of anilines is 1. The quantitative estimate of drug-likeness (QED) is 0.874. The largest absolute Gasteiger partial charge is 0.480 e. The van der Waals surface area contributed by atoms with E-state index in [0.717, 1.165) is 24.2 Å². The number of rotatable bonds is 5. The van der Waals surface area contributed by atoms with E-state index >= 15 is 0 Å². The number of carboxylic acid groups (broad SMARTS) is 1. The molecule has 1 aliphatic rings. The summed E-state index contributed by atoms with van der Waals surface area (Å²) >= 11 is 0. The van der Waals surface area contributed by atoms with E-state index in [-0.39, 0.29) is 5.91 Å². The molecule has 1 saturated heterocycles. The molecule has 1 fully saturated rings. The summed E-state index contributed by atoms with van der Waals surface area (Å²) in [7, 11) is 0. The van der Waals surface area contributed by atoms with Gasteiger partial charge in [-0.2, -0.15) is 0 Å². The SMILES string of the molecule is CCC1(C(=O)O)CCCN1Cc1ccc(NC(C)=O)cc1. The second-order valence-corrected chi connectivity index (χ2v) is 5.59. The van der Waals surface area contributed by atoms with Crippen LogP contribution in [-0.2, 0) is 16.1 Å². The Morgan fingerprint density at radius 1 is 1.33 bits per heavy atom. The zero-order chi connectivity index (χ0) is 15.5. The van der Waals surface area contributed by atoms with E-state index in [1.807, 2.05) is 31.2 Å². The van der Waals surface area contributed by atoms with Crippen LogP contribution in [0, 0.1) is 0 Å². The van der Waals surface area contributed by atoms with E-state index in [0.29, 0.717) is 19.4 Å². The van der Waals surface area contributed by atoms with Gasteiger partial charge in [0.25, 0.3) is 0 Å². The Morgan fingerprint density at radius 3 is 2.52 bits per heavy atom. The summed E-state index contributed by atoms with van der Waals surface area (Å²) in [6, 6.07) is 7.57. The summed E-state index contributed by atoms with van der Waals surface area (Å²) in [5.41, 5.74) is 1.09. The topological polar surface area (TPSA) is 69.6 Å². The lowest BCUT2D eigenvalue weighted by molar-refractivity contribution is -0.150. The number of aliphatic carboxylic acids is 1. The maximum absolute atomic E-state index is 11.6. The summed E-state index contributed by atoms with van der Waals surface area (Å²) in [5, 5.41) is 12.3. The first-order chi connectivity index (χ1) is 9.98. The number of nitrogens with zero attached hydrogens (tertiary/aromatic N) is 1. The van der Waals surface area contributed by atoms with E-state index in [4.69, 9.17) is 0 Å². The van der Waals surface area contributed by atoms with Crippen molar-refractivity contribution in [1.82, 2.24) is 4.90 Å². The molecule has 114 valence electrons. The number of benzene rings is 1. The van der Waals surface area contributed by atoms with Crippen LogP contribution in [0.15, 0.2) is 24.3 Å². The predicted octanol–water partition coefficient (Wildman–Crippen LogP) is 2.47. The lowest BCUT2D eigenvalue weighted by Gasteiger charge is -2.33. The third-order valence-electron chi connectivity index (χ3n) is 4.25. The predicted molar refractivity (Wildman–Crippen MR) is 81.0 cm³/mol. The van der Waals surface area contributed by atoms with Gasteiger partial charge in [0.2, 0.25) is 5.91 Å². The van der Waals surface area contributed by atoms with Crippen molar-refractivity contribution >= 4 is 17.6 Å². The number of likely N-dealkylation sites (tertiary alicyclic amines) is 1. The van der Waals surface area contributed by atoms with E-state index in [9.17, 15) is 14.7 Å². The Bertz CT molecular complexity index is 527. The van der Waals surface area contributed by atoms with Crippen molar-refractivity contribution in [3.63, 3.8) is 0 Å². The van der Waals surface area contributed by atoms with E-state index in [2.05, 4.69) is 10.2 Å². The van der Waals surface area contributed by atoms with Gasteiger partial charge in [-0.3, -0.25) is 14.5 Å². The number of hydrogen-bond donors (Lipinski definition) is 2. The highest BCUT2D eigenvalue weighted by atomic mass is 16.4. The fraction of sp³-hybridized carbons (Fsp3) is 0.500. The minimum Gasteiger partial charge on any atom is -0.480 e. The molecule has 0 spiro atoms. The van der Waals surface area contributed by atoms with Gasteiger partial charge in [-0.1, -0.05) is 19.1 Å². The lowest BCUT2D eigenvalue weighted by Crippen LogP contribution is -2.49. The van der Waals surface area contributed by atoms with Crippen LogP contribution in [-0.4, -0.2) is 34.0 Å². The molecule has 1 unspecified atom stereocenters. The molecule has 1 aromatic carbocycles. The fourth-order valence-electron chi connectivity index (χ4n) is 3.08. The Balaban J connectivity index is 2.10. The maximum Gasteiger partial charge on any atom is 0.324 e. The van der Waals surface area contributed by atoms with Gasteiger partial charge >= 0.3 is 5.97 Å². The Kier molecular flexibility index (Phi) is 4.63. The molecule has 1 heterocycles. The fourth-order valence-corrected chi connectivity index (χ4v) is 3.08. The Hall–Kier alpha value is -1.88. The van der Waals surface area contributed by atoms with Crippen molar-refractivity contribution in [2.75, 3.05) is 11.9 Å². The first-order valence-electron chi connectivity index (χ1n) is 7.33. The molecule has 0 aromatic heterocycles. The second kappa shape index (κ2) is 6.26. The van der Waals surface area contributed by atoms with Crippen molar-refractivity contribution in [3.05, 3.63) is 29.8 Å². The second-order valence-electron chi connectivity index (χ2n) is 5.59. The van der Waals surface area contributed by atoms with E-state index in [1.54, 1.807) is 0 Å². The van der Waals surface area contributed by atoms with Gasteiger partial charge in [-0.05, 0) is 43.5 Å². The number of nitrogens with one attached hydrogen (secondary N) is 1. The molecule has 1 atom stereocenters. The molecule has 5 heteroatoms. The Morgan fingerprint density at radius 2 is 2.00 bits per heavy atom. The molecule has 1 aromatic rings. The molecule has 1 aliphatic heterocycles. The molecule has 2 rings (SSSR count). The van der Waals surface area contributed by atoms with E-state index < -0.39 is 11.5 Å². The zero-order valence-corrected chi connectivity index (χ0v) is 12.6. The van der Waals surface area contributed by atoms with Crippen LogP contribution in [0.1, 0.15) is 38.7 Å². The van der Waals surface area contributed by atoms with Crippen molar-refractivity contribution in [2.45, 2.75) is 45.2 Å². The highest BCUT2D eigenvalue weighted by Gasteiger charge is 2.45. The maximum atomic E-state index is 11.6. The summed E-state index contributed by atoms with van der Waals surface area (Å²) < 4.78 is 0. The number of carbonyl (C=O) groups excluding carboxylic acids is 1. The number of carbonyl (C=O) groups is 2. The normalized spacial score (nSPS) is 22.2. The summed E-state index contributed by atoms with van der Waals surface area (Å²) in [4.78, 5) is 24.7.